The lowest BCUT2D eigenvalue weighted by molar-refractivity contribution is 0.122. The quantitative estimate of drug-likeness (QED) is 0.895. The van der Waals surface area contributed by atoms with Crippen LogP contribution in [0.25, 0.3) is 0 Å². The van der Waals surface area contributed by atoms with Crippen molar-refractivity contribution in [1.29, 1.82) is 0 Å². The highest BCUT2D eigenvalue weighted by molar-refractivity contribution is 5.47. The molecule has 132 valence electrons. The van der Waals surface area contributed by atoms with Crippen LogP contribution < -0.4 is 15.1 Å². The van der Waals surface area contributed by atoms with Crippen LogP contribution in [-0.4, -0.2) is 55.4 Å². The molecule has 0 radical (unpaired) electrons. The standard InChI is InChI=1S/C19H25N5O/c1-2-4-18(5-3-1)24-7-6-17(15-24)20-12-16-13-21-19(22-14-16)23-8-10-25-11-9-23/h1-5,13-14,17,20H,6-12,15H2. The molecule has 2 aliphatic heterocycles. The Balaban J connectivity index is 1.27. The lowest BCUT2D eigenvalue weighted by Gasteiger charge is -2.26. The van der Waals surface area contributed by atoms with Gasteiger partial charge < -0.3 is 19.9 Å². The smallest absolute Gasteiger partial charge is 0.225 e. The Hall–Kier alpha value is -2.18. The van der Waals surface area contributed by atoms with Crippen molar-refractivity contribution in [3.63, 3.8) is 0 Å². The number of aromatic nitrogens is 2. The number of nitrogens with zero attached hydrogens (tertiary/aromatic N) is 4. The van der Waals surface area contributed by atoms with E-state index in [1.807, 2.05) is 12.4 Å². The molecule has 6 nitrogen and oxygen atoms in total. The summed E-state index contributed by atoms with van der Waals surface area (Å²) < 4.78 is 5.37. The summed E-state index contributed by atoms with van der Waals surface area (Å²) in [6.07, 6.45) is 5.05. The summed E-state index contributed by atoms with van der Waals surface area (Å²) in [5, 5.41) is 3.64. The zero-order valence-corrected chi connectivity index (χ0v) is 14.5. The van der Waals surface area contributed by atoms with Gasteiger partial charge in [-0.15, -0.1) is 0 Å². The van der Waals surface area contributed by atoms with Crippen LogP contribution in [-0.2, 0) is 11.3 Å². The lowest BCUT2D eigenvalue weighted by Crippen LogP contribution is -2.37. The average Bonchev–Trinajstić information content (AvgIpc) is 3.17. The predicted molar refractivity (Wildman–Crippen MR) is 99.0 cm³/mol. The van der Waals surface area contributed by atoms with Gasteiger partial charge in [-0.2, -0.15) is 0 Å². The van der Waals surface area contributed by atoms with Gasteiger partial charge in [-0.25, -0.2) is 9.97 Å². The number of morpholine rings is 1. The summed E-state index contributed by atoms with van der Waals surface area (Å²) >= 11 is 0. The SMILES string of the molecule is c1ccc(N2CCC(NCc3cnc(N4CCOCC4)nc3)C2)cc1. The first-order valence-corrected chi connectivity index (χ1v) is 9.05. The predicted octanol–water partition coefficient (Wildman–Crippen LogP) is 1.68. The third kappa shape index (κ3) is 4.08. The minimum Gasteiger partial charge on any atom is -0.378 e. The second kappa shape index (κ2) is 7.80. The Labute approximate surface area is 148 Å². The summed E-state index contributed by atoms with van der Waals surface area (Å²) in [5.74, 6) is 0.808. The van der Waals surface area contributed by atoms with Crippen LogP contribution in [0.5, 0.6) is 0 Å². The largest absolute Gasteiger partial charge is 0.378 e. The van der Waals surface area contributed by atoms with Crippen molar-refractivity contribution in [2.45, 2.75) is 19.0 Å². The van der Waals surface area contributed by atoms with Crippen LogP contribution in [0.4, 0.5) is 11.6 Å². The Kier molecular flexibility index (Phi) is 5.09. The van der Waals surface area contributed by atoms with Crippen molar-refractivity contribution in [2.75, 3.05) is 49.2 Å². The molecule has 6 heteroatoms. The van der Waals surface area contributed by atoms with E-state index in [0.29, 0.717) is 6.04 Å². The Bertz CT molecular complexity index is 657. The van der Waals surface area contributed by atoms with Crippen LogP contribution in [0.1, 0.15) is 12.0 Å². The van der Waals surface area contributed by atoms with E-state index in [9.17, 15) is 0 Å². The number of ether oxygens (including phenoxy) is 1. The fourth-order valence-electron chi connectivity index (χ4n) is 3.43. The molecule has 0 saturated carbocycles. The molecule has 0 bridgehead atoms. The molecule has 3 heterocycles. The van der Waals surface area contributed by atoms with E-state index in [0.717, 1.165) is 57.4 Å². The molecule has 2 fully saturated rings. The molecule has 1 unspecified atom stereocenters. The molecule has 0 aliphatic carbocycles. The number of hydrogen-bond donors (Lipinski definition) is 1. The summed E-state index contributed by atoms with van der Waals surface area (Å²) in [5.41, 5.74) is 2.44. The molecule has 2 saturated heterocycles. The van der Waals surface area contributed by atoms with E-state index >= 15 is 0 Å². The van der Waals surface area contributed by atoms with Crippen molar-refractivity contribution in [3.8, 4) is 0 Å². The van der Waals surface area contributed by atoms with Crippen molar-refractivity contribution in [1.82, 2.24) is 15.3 Å². The van der Waals surface area contributed by atoms with Crippen LogP contribution in [0.15, 0.2) is 42.7 Å². The molecular weight excluding hydrogens is 314 g/mol. The third-order valence-corrected chi connectivity index (χ3v) is 4.89. The summed E-state index contributed by atoms with van der Waals surface area (Å²) in [6, 6.07) is 11.1. The highest BCUT2D eigenvalue weighted by atomic mass is 16.5. The molecule has 2 aliphatic rings. The van der Waals surface area contributed by atoms with Gasteiger partial charge in [-0.3, -0.25) is 0 Å². The minimum atomic E-state index is 0.513. The van der Waals surface area contributed by atoms with Crippen molar-refractivity contribution < 1.29 is 4.74 Å². The number of hydrogen-bond acceptors (Lipinski definition) is 6. The number of benzene rings is 1. The number of para-hydroxylation sites is 1. The third-order valence-electron chi connectivity index (χ3n) is 4.89. The van der Waals surface area contributed by atoms with Gasteiger partial charge in [-0.05, 0) is 18.6 Å². The zero-order valence-electron chi connectivity index (χ0n) is 14.5. The molecule has 1 N–H and O–H groups in total. The fourth-order valence-corrected chi connectivity index (χ4v) is 3.43. The van der Waals surface area contributed by atoms with E-state index in [4.69, 9.17) is 4.74 Å². The van der Waals surface area contributed by atoms with Gasteiger partial charge in [0, 0.05) is 62.4 Å². The van der Waals surface area contributed by atoms with Crippen molar-refractivity contribution in [3.05, 3.63) is 48.3 Å². The molecule has 2 aromatic rings. The Morgan fingerprint density at radius 1 is 1.00 bits per heavy atom. The molecule has 0 amide bonds. The maximum Gasteiger partial charge on any atom is 0.225 e. The zero-order chi connectivity index (χ0) is 16.9. The van der Waals surface area contributed by atoms with Crippen molar-refractivity contribution in [2.24, 2.45) is 0 Å². The van der Waals surface area contributed by atoms with E-state index in [1.54, 1.807) is 0 Å². The normalized spacial score (nSPS) is 20.9. The average molecular weight is 339 g/mol. The molecule has 25 heavy (non-hydrogen) atoms. The van der Waals surface area contributed by atoms with Gasteiger partial charge in [0.25, 0.3) is 0 Å². The number of rotatable bonds is 5. The molecule has 1 atom stereocenters. The monoisotopic (exact) mass is 339 g/mol. The van der Waals surface area contributed by atoms with Gasteiger partial charge in [0.05, 0.1) is 13.2 Å². The molecule has 4 rings (SSSR count). The number of anilines is 2. The van der Waals surface area contributed by atoms with Gasteiger partial charge in [-0.1, -0.05) is 18.2 Å². The molecule has 1 aromatic heterocycles. The van der Waals surface area contributed by atoms with Crippen LogP contribution in [0.2, 0.25) is 0 Å². The highest BCUT2D eigenvalue weighted by Crippen LogP contribution is 2.20. The van der Waals surface area contributed by atoms with Crippen LogP contribution in [0, 0.1) is 0 Å². The Morgan fingerprint density at radius 2 is 1.76 bits per heavy atom. The first-order chi connectivity index (χ1) is 12.4. The lowest BCUT2D eigenvalue weighted by atomic mass is 10.2. The van der Waals surface area contributed by atoms with Gasteiger partial charge >= 0.3 is 0 Å². The van der Waals surface area contributed by atoms with Crippen molar-refractivity contribution >= 4 is 11.6 Å². The summed E-state index contributed by atoms with van der Waals surface area (Å²) in [6.45, 7) is 6.23. The highest BCUT2D eigenvalue weighted by Gasteiger charge is 2.22. The topological polar surface area (TPSA) is 53.5 Å². The van der Waals surface area contributed by atoms with Crippen LogP contribution in [0.3, 0.4) is 0 Å². The maximum atomic E-state index is 5.37. The van der Waals surface area contributed by atoms with Crippen LogP contribution >= 0.6 is 0 Å². The molecule has 1 aromatic carbocycles. The van der Waals surface area contributed by atoms with Gasteiger partial charge in [0.1, 0.15) is 0 Å². The first-order valence-electron chi connectivity index (χ1n) is 9.05. The maximum absolute atomic E-state index is 5.37. The fraction of sp³-hybridized carbons (Fsp3) is 0.474. The molecule has 0 spiro atoms. The second-order valence-corrected chi connectivity index (χ2v) is 6.64. The second-order valence-electron chi connectivity index (χ2n) is 6.64. The number of nitrogens with one attached hydrogen (secondary N) is 1. The van der Waals surface area contributed by atoms with Gasteiger partial charge in [0.15, 0.2) is 0 Å². The van der Waals surface area contributed by atoms with E-state index in [-0.39, 0.29) is 0 Å². The summed E-state index contributed by atoms with van der Waals surface area (Å²) in [4.78, 5) is 13.7. The first kappa shape index (κ1) is 16.3. The van der Waals surface area contributed by atoms with E-state index in [2.05, 4.69) is 55.4 Å². The summed E-state index contributed by atoms with van der Waals surface area (Å²) in [7, 11) is 0. The van der Waals surface area contributed by atoms with E-state index in [1.165, 1.54) is 12.1 Å². The Morgan fingerprint density at radius 3 is 2.52 bits per heavy atom. The minimum absolute atomic E-state index is 0.513. The van der Waals surface area contributed by atoms with Gasteiger partial charge in [0.2, 0.25) is 5.95 Å². The van der Waals surface area contributed by atoms with E-state index < -0.39 is 0 Å². The molecular formula is C19H25N5O.